The van der Waals surface area contributed by atoms with Crippen LogP contribution in [0.4, 0.5) is 0 Å². The standard InChI is InChI=1S/C23H38O3/c1-2-3-4-5-6-7-8-9-10-11-12-13-14-15-16-19-23(24)26-21-22-18-17-20-25-22/h9-10,17-18,20H,2-8,11-16,19,21H2,1H3. The number of furan rings is 1. The van der Waals surface area contributed by atoms with Crippen LogP contribution in [0.3, 0.4) is 0 Å². The van der Waals surface area contributed by atoms with Crippen molar-refractivity contribution in [3.63, 3.8) is 0 Å². The number of allylic oxidation sites excluding steroid dienone is 2. The van der Waals surface area contributed by atoms with E-state index in [4.69, 9.17) is 9.15 Å². The Morgan fingerprint density at radius 2 is 1.54 bits per heavy atom. The lowest BCUT2D eigenvalue weighted by Gasteiger charge is -2.03. The summed E-state index contributed by atoms with van der Waals surface area (Å²) in [6, 6.07) is 3.61. The van der Waals surface area contributed by atoms with Crippen LogP contribution in [-0.4, -0.2) is 5.97 Å². The minimum Gasteiger partial charge on any atom is -0.466 e. The third kappa shape index (κ3) is 13.7. The van der Waals surface area contributed by atoms with Crippen LogP contribution in [-0.2, 0) is 16.1 Å². The smallest absolute Gasteiger partial charge is 0.306 e. The van der Waals surface area contributed by atoms with E-state index in [-0.39, 0.29) is 12.6 Å². The molecule has 0 saturated heterocycles. The van der Waals surface area contributed by atoms with Crippen molar-refractivity contribution < 1.29 is 13.9 Å². The molecule has 0 aliphatic carbocycles. The molecule has 0 saturated carbocycles. The molecule has 0 spiro atoms. The van der Waals surface area contributed by atoms with Gasteiger partial charge < -0.3 is 9.15 Å². The molecule has 0 fully saturated rings. The average Bonchev–Trinajstić information content (AvgIpc) is 3.17. The lowest BCUT2D eigenvalue weighted by molar-refractivity contribution is -0.145. The largest absolute Gasteiger partial charge is 0.466 e. The van der Waals surface area contributed by atoms with Gasteiger partial charge in [-0.15, -0.1) is 0 Å². The van der Waals surface area contributed by atoms with Gasteiger partial charge >= 0.3 is 5.97 Å². The summed E-state index contributed by atoms with van der Waals surface area (Å²) in [5, 5.41) is 0. The maximum Gasteiger partial charge on any atom is 0.306 e. The Hall–Kier alpha value is -1.51. The second kappa shape index (κ2) is 16.9. The summed E-state index contributed by atoms with van der Waals surface area (Å²) in [7, 11) is 0. The van der Waals surface area contributed by atoms with Crippen molar-refractivity contribution in [1.29, 1.82) is 0 Å². The summed E-state index contributed by atoms with van der Waals surface area (Å²) < 4.78 is 10.3. The number of carbonyl (C=O) groups is 1. The first-order valence-corrected chi connectivity index (χ1v) is 10.7. The van der Waals surface area contributed by atoms with Gasteiger partial charge in [-0.05, 0) is 44.2 Å². The second-order valence-electron chi connectivity index (χ2n) is 7.07. The van der Waals surface area contributed by atoms with Gasteiger partial charge in [-0.25, -0.2) is 0 Å². The van der Waals surface area contributed by atoms with E-state index in [0.717, 1.165) is 12.8 Å². The number of hydrogen-bond donors (Lipinski definition) is 0. The third-order valence-electron chi connectivity index (χ3n) is 4.60. The Bertz CT molecular complexity index is 448. The summed E-state index contributed by atoms with van der Waals surface area (Å²) in [5.41, 5.74) is 0. The molecule has 0 amide bonds. The van der Waals surface area contributed by atoms with Crippen LogP contribution < -0.4 is 0 Å². The quantitative estimate of drug-likeness (QED) is 0.165. The Labute approximate surface area is 160 Å². The van der Waals surface area contributed by atoms with Crippen LogP contribution in [0.2, 0.25) is 0 Å². The van der Waals surface area contributed by atoms with Crippen molar-refractivity contribution in [3.8, 4) is 0 Å². The summed E-state index contributed by atoms with van der Waals surface area (Å²) in [6.45, 7) is 2.51. The van der Waals surface area contributed by atoms with Crippen LogP contribution >= 0.6 is 0 Å². The molecule has 26 heavy (non-hydrogen) atoms. The molecule has 3 nitrogen and oxygen atoms in total. The van der Waals surface area contributed by atoms with Crippen LogP contribution in [0, 0.1) is 0 Å². The van der Waals surface area contributed by atoms with Crippen LogP contribution in [0.5, 0.6) is 0 Å². The van der Waals surface area contributed by atoms with E-state index in [1.165, 1.54) is 70.6 Å². The first kappa shape index (κ1) is 22.5. The Balaban J connectivity index is 1.78. The zero-order valence-electron chi connectivity index (χ0n) is 16.7. The van der Waals surface area contributed by atoms with Crippen LogP contribution in [0.1, 0.15) is 103 Å². The SMILES string of the molecule is CCCCCCCCC=CCCCCCCCC(=O)OCc1ccco1. The van der Waals surface area contributed by atoms with Gasteiger partial charge in [-0.1, -0.05) is 70.4 Å². The van der Waals surface area contributed by atoms with Gasteiger partial charge in [0.05, 0.1) is 6.26 Å². The van der Waals surface area contributed by atoms with Crippen molar-refractivity contribution in [2.75, 3.05) is 0 Å². The molecule has 0 atom stereocenters. The van der Waals surface area contributed by atoms with Gasteiger partial charge in [0.15, 0.2) is 0 Å². The van der Waals surface area contributed by atoms with Crippen LogP contribution in [0.25, 0.3) is 0 Å². The van der Waals surface area contributed by atoms with Gasteiger partial charge in [0.1, 0.15) is 12.4 Å². The molecule has 0 unspecified atom stereocenters. The van der Waals surface area contributed by atoms with Crippen molar-refractivity contribution >= 4 is 5.97 Å². The van der Waals surface area contributed by atoms with E-state index >= 15 is 0 Å². The number of rotatable bonds is 17. The number of ether oxygens (including phenoxy) is 1. The van der Waals surface area contributed by atoms with E-state index in [1.807, 2.05) is 6.07 Å². The maximum atomic E-state index is 11.6. The summed E-state index contributed by atoms with van der Waals surface area (Å²) in [4.78, 5) is 11.6. The van der Waals surface area contributed by atoms with Gasteiger partial charge in [0.2, 0.25) is 0 Å². The highest BCUT2D eigenvalue weighted by Gasteiger charge is 2.04. The molecule has 0 N–H and O–H groups in total. The molecular formula is C23H38O3. The zero-order chi connectivity index (χ0) is 18.7. The molecule has 0 radical (unpaired) electrons. The summed E-state index contributed by atoms with van der Waals surface area (Å²) in [6.07, 6.45) is 23.2. The molecule has 0 bridgehead atoms. The fraction of sp³-hybridized carbons (Fsp3) is 0.696. The molecule has 1 aromatic rings. The van der Waals surface area contributed by atoms with Gasteiger partial charge in [-0.2, -0.15) is 0 Å². The lowest BCUT2D eigenvalue weighted by atomic mass is 10.1. The van der Waals surface area contributed by atoms with E-state index in [2.05, 4.69) is 19.1 Å². The molecule has 1 rings (SSSR count). The highest BCUT2D eigenvalue weighted by molar-refractivity contribution is 5.69. The van der Waals surface area contributed by atoms with Gasteiger partial charge in [0, 0.05) is 6.42 Å². The minimum absolute atomic E-state index is 0.126. The predicted octanol–water partition coefficient (Wildman–Crippen LogP) is 7.36. The maximum absolute atomic E-state index is 11.6. The summed E-state index contributed by atoms with van der Waals surface area (Å²) in [5.74, 6) is 0.571. The number of hydrogen-bond acceptors (Lipinski definition) is 3. The predicted molar refractivity (Wildman–Crippen MR) is 108 cm³/mol. The molecule has 3 heteroatoms. The van der Waals surface area contributed by atoms with Crippen molar-refractivity contribution in [1.82, 2.24) is 0 Å². The monoisotopic (exact) mass is 362 g/mol. The molecule has 1 heterocycles. The average molecular weight is 363 g/mol. The first-order valence-electron chi connectivity index (χ1n) is 10.7. The van der Waals surface area contributed by atoms with E-state index in [9.17, 15) is 4.79 Å². The highest BCUT2D eigenvalue weighted by Crippen LogP contribution is 2.11. The summed E-state index contributed by atoms with van der Waals surface area (Å²) >= 11 is 0. The fourth-order valence-corrected chi connectivity index (χ4v) is 2.96. The first-order chi connectivity index (χ1) is 12.8. The van der Waals surface area contributed by atoms with Gasteiger partial charge in [0.25, 0.3) is 0 Å². The van der Waals surface area contributed by atoms with Crippen molar-refractivity contribution in [2.24, 2.45) is 0 Å². The number of carbonyl (C=O) groups excluding carboxylic acids is 1. The zero-order valence-corrected chi connectivity index (χ0v) is 16.7. The van der Waals surface area contributed by atoms with Crippen molar-refractivity contribution in [3.05, 3.63) is 36.3 Å². The normalized spacial score (nSPS) is 11.3. The number of unbranched alkanes of at least 4 members (excludes halogenated alkanes) is 11. The fourth-order valence-electron chi connectivity index (χ4n) is 2.96. The Morgan fingerprint density at radius 3 is 2.15 bits per heavy atom. The Morgan fingerprint density at radius 1 is 0.923 bits per heavy atom. The third-order valence-corrected chi connectivity index (χ3v) is 4.60. The molecular weight excluding hydrogens is 324 g/mol. The second-order valence-corrected chi connectivity index (χ2v) is 7.07. The van der Waals surface area contributed by atoms with Gasteiger partial charge in [-0.3, -0.25) is 4.79 Å². The van der Waals surface area contributed by atoms with E-state index < -0.39 is 0 Å². The lowest BCUT2D eigenvalue weighted by Crippen LogP contribution is -2.03. The molecule has 0 aromatic carbocycles. The Kier molecular flexibility index (Phi) is 14.7. The molecule has 0 aliphatic rings. The molecule has 1 aromatic heterocycles. The van der Waals surface area contributed by atoms with E-state index in [0.29, 0.717) is 12.2 Å². The molecule has 0 aliphatic heterocycles. The topological polar surface area (TPSA) is 39.4 Å². The molecule has 148 valence electrons. The highest BCUT2D eigenvalue weighted by atomic mass is 16.5. The minimum atomic E-state index is -0.126. The van der Waals surface area contributed by atoms with E-state index in [1.54, 1.807) is 12.3 Å². The van der Waals surface area contributed by atoms with Crippen molar-refractivity contribution in [2.45, 2.75) is 103 Å². The van der Waals surface area contributed by atoms with Crippen LogP contribution in [0.15, 0.2) is 35.0 Å². The number of esters is 1.